The normalized spacial score (nSPS) is 11.9. The van der Waals surface area contributed by atoms with Crippen LogP contribution in [0.5, 0.6) is 0 Å². The lowest BCUT2D eigenvalue weighted by atomic mass is 10.1. The van der Waals surface area contributed by atoms with Crippen LogP contribution < -0.4 is 10.2 Å². The summed E-state index contributed by atoms with van der Waals surface area (Å²) in [7, 11) is 5.95. The first-order chi connectivity index (χ1) is 11.5. The van der Waals surface area contributed by atoms with Gasteiger partial charge in [-0.1, -0.05) is 12.1 Å². The van der Waals surface area contributed by atoms with Crippen molar-refractivity contribution in [2.45, 2.75) is 19.9 Å². The number of nitrogens with one attached hydrogen (secondary N) is 1. The van der Waals surface area contributed by atoms with Crippen LogP contribution in [0.4, 0.5) is 10.5 Å². The molecule has 0 aliphatic carbocycles. The van der Waals surface area contributed by atoms with E-state index in [0.717, 1.165) is 17.1 Å². The summed E-state index contributed by atoms with van der Waals surface area (Å²) < 4.78 is 1.94. The third kappa shape index (κ3) is 3.88. The Kier molecular flexibility index (Phi) is 5.84. The molecule has 0 aliphatic heterocycles. The second-order valence-electron chi connectivity index (χ2n) is 5.94. The van der Waals surface area contributed by atoms with Gasteiger partial charge in [-0.25, -0.2) is 9.78 Å². The first-order valence-electron chi connectivity index (χ1n) is 8.27. The summed E-state index contributed by atoms with van der Waals surface area (Å²) in [5, 5.41) is 3.12. The smallest absolute Gasteiger partial charge is 0.318 e. The zero-order valence-electron chi connectivity index (χ0n) is 15.2. The summed E-state index contributed by atoms with van der Waals surface area (Å²) in [6.07, 6.45) is 3.64. The lowest BCUT2D eigenvalue weighted by Gasteiger charge is -2.25. The van der Waals surface area contributed by atoms with Crippen molar-refractivity contribution >= 4 is 11.7 Å². The number of benzene rings is 1. The molecule has 1 atom stereocenters. The molecular weight excluding hydrogens is 302 g/mol. The SMILES string of the molecule is CCN(CC)C(=O)NC(c1ccc(N(C)C)cc1)c1nccn1C. The van der Waals surface area contributed by atoms with E-state index in [1.165, 1.54) is 0 Å². The van der Waals surface area contributed by atoms with Gasteiger partial charge >= 0.3 is 6.03 Å². The van der Waals surface area contributed by atoms with E-state index in [2.05, 4.69) is 22.4 Å². The highest BCUT2D eigenvalue weighted by atomic mass is 16.2. The third-order valence-corrected chi connectivity index (χ3v) is 4.18. The lowest BCUT2D eigenvalue weighted by Crippen LogP contribution is -2.42. The first-order valence-corrected chi connectivity index (χ1v) is 8.27. The number of amides is 2. The van der Waals surface area contributed by atoms with E-state index in [0.29, 0.717) is 13.1 Å². The van der Waals surface area contributed by atoms with Crippen LogP contribution in [0.3, 0.4) is 0 Å². The van der Waals surface area contributed by atoms with Crippen LogP contribution in [0.2, 0.25) is 0 Å². The van der Waals surface area contributed by atoms with Crippen LogP contribution in [0.15, 0.2) is 36.7 Å². The Hall–Kier alpha value is -2.50. The Labute approximate surface area is 144 Å². The predicted octanol–water partition coefficient (Wildman–Crippen LogP) is 2.63. The van der Waals surface area contributed by atoms with Crippen LogP contribution in [0, 0.1) is 0 Å². The van der Waals surface area contributed by atoms with Crippen molar-refractivity contribution in [3.63, 3.8) is 0 Å². The molecule has 0 spiro atoms. The molecule has 0 radical (unpaired) electrons. The number of aryl methyl sites for hydroxylation is 1. The fraction of sp³-hybridized carbons (Fsp3) is 0.444. The van der Waals surface area contributed by atoms with Gasteiger partial charge in [-0.15, -0.1) is 0 Å². The summed E-state index contributed by atoms with van der Waals surface area (Å²) in [6.45, 7) is 5.31. The summed E-state index contributed by atoms with van der Waals surface area (Å²) >= 11 is 0. The quantitative estimate of drug-likeness (QED) is 0.886. The molecule has 1 heterocycles. The second kappa shape index (κ2) is 7.86. The number of anilines is 1. The Bertz CT molecular complexity index is 658. The zero-order chi connectivity index (χ0) is 17.7. The second-order valence-corrected chi connectivity index (χ2v) is 5.94. The van der Waals surface area contributed by atoms with Crippen molar-refractivity contribution in [3.8, 4) is 0 Å². The number of nitrogens with zero attached hydrogens (tertiary/aromatic N) is 4. The number of imidazole rings is 1. The zero-order valence-corrected chi connectivity index (χ0v) is 15.2. The van der Waals surface area contributed by atoms with Gasteiger partial charge in [0, 0.05) is 52.3 Å². The van der Waals surface area contributed by atoms with Crippen molar-refractivity contribution in [2.75, 3.05) is 32.1 Å². The summed E-state index contributed by atoms with van der Waals surface area (Å²) in [6, 6.07) is 7.82. The maximum Gasteiger partial charge on any atom is 0.318 e. The van der Waals surface area contributed by atoms with Gasteiger partial charge in [-0.05, 0) is 31.5 Å². The summed E-state index contributed by atoms with van der Waals surface area (Å²) in [5.74, 6) is 0.813. The number of urea groups is 1. The van der Waals surface area contributed by atoms with Gasteiger partial charge in [0.1, 0.15) is 11.9 Å². The molecule has 6 heteroatoms. The number of hydrogen-bond acceptors (Lipinski definition) is 3. The predicted molar refractivity (Wildman–Crippen MR) is 97.3 cm³/mol. The summed E-state index contributed by atoms with van der Waals surface area (Å²) in [5.41, 5.74) is 2.13. The van der Waals surface area contributed by atoms with Crippen molar-refractivity contribution in [2.24, 2.45) is 7.05 Å². The molecule has 2 amide bonds. The van der Waals surface area contributed by atoms with Crippen LogP contribution in [0.25, 0.3) is 0 Å². The van der Waals surface area contributed by atoms with E-state index in [-0.39, 0.29) is 12.1 Å². The molecule has 1 aromatic carbocycles. The molecule has 0 fully saturated rings. The third-order valence-electron chi connectivity index (χ3n) is 4.18. The van der Waals surface area contributed by atoms with Crippen LogP contribution in [-0.4, -0.2) is 47.7 Å². The van der Waals surface area contributed by atoms with Gasteiger partial charge in [-0.2, -0.15) is 0 Å². The van der Waals surface area contributed by atoms with E-state index in [1.807, 2.05) is 62.8 Å². The van der Waals surface area contributed by atoms with E-state index < -0.39 is 0 Å². The van der Waals surface area contributed by atoms with Crippen LogP contribution in [0.1, 0.15) is 31.3 Å². The molecule has 1 unspecified atom stereocenters. The Morgan fingerprint density at radius 1 is 1.21 bits per heavy atom. The number of hydrogen-bond donors (Lipinski definition) is 1. The number of carbonyl (C=O) groups excluding carboxylic acids is 1. The molecule has 6 nitrogen and oxygen atoms in total. The number of rotatable bonds is 6. The van der Waals surface area contributed by atoms with Gasteiger partial charge in [0.15, 0.2) is 0 Å². The van der Waals surface area contributed by atoms with Crippen molar-refractivity contribution < 1.29 is 4.79 Å². The monoisotopic (exact) mass is 329 g/mol. The van der Waals surface area contributed by atoms with Crippen molar-refractivity contribution in [1.29, 1.82) is 0 Å². The molecule has 1 aromatic heterocycles. The fourth-order valence-corrected chi connectivity index (χ4v) is 2.64. The minimum Gasteiger partial charge on any atom is -0.378 e. The van der Waals surface area contributed by atoms with E-state index in [4.69, 9.17) is 0 Å². The van der Waals surface area contributed by atoms with Crippen molar-refractivity contribution in [3.05, 3.63) is 48.0 Å². The highest BCUT2D eigenvalue weighted by Crippen LogP contribution is 2.23. The lowest BCUT2D eigenvalue weighted by molar-refractivity contribution is 0.200. The molecule has 130 valence electrons. The molecule has 1 N–H and O–H groups in total. The maximum absolute atomic E-state index is 12.5. The average molecular weight is 329 g/mol. The fourth-order valence-electron chi connectivity index (χ4n) is 2.64. The number of aromatic nitrogens is 2. The molecule has 2 rings (SSSR count). The Morgan fingerprint density at radius 3 is 2.29 bits per heavy atom. The average Bonchev–Trinajstić information content (AvgIpc) is 2.99. The maximum atomic E-state index is 12.5. The van der Waals surface area contributed by atoms with E-state index >= 15 is 0 Å². The molecule has 0 bridgehead atoms. The highest BCUT2D eigenvalue weighted by Gasteiger charge is 2.22. The molecular formula is C18H27N5O. The largest absolute Gasteiger partial charge is 0.378 e. The first kappa shape index (κ1) is 17.8. The molecule has 24 heavy (non-hydrogen) atoms. The van der Waals surface area contributed by atoms with Gasteiger partial charge in [0.2, 0.25) is 0 Å². The van der Waals surface area contributed by atoms with Gasteiger partial charge in [0.05, 0.1) is 0 Å². The molecule has 2 aromatic rings. The standard InChI is InChI=1S/C18H27N5O/c1-6-23(7-2)18(24)20-16(17-19-12-13-22(17)5)14-8-10-15(11-9-14)21(3)4/h8-13,16H,6-7H2,1-5H3,(H,20,24). The Morgan fingerprint density at radius 2 is 1.83 bits per heavy atom. The van der Waals surface area contributed by atoms with E-state index in [9.17, 15) is 4.79 Å². The topological polar surface area (TPSA) is 53.4 Å². The van der Waals surface area contributed by atoms with Gasteiger partial charge < -0.3 is 19.7 Å². The molecule has 0 saturated heterocycles. The highest BCUT2D eigenvalue weighted by molar-refractivity contribution is 5.75. The minimum absolute atomic E-state index is 0.0790. The van der Waals surface area contributed by atoms with Gasteiger partial charge in [-0.3, -0.25) is 0 Å². The van der Waals surface area contributed by atoms with Crippen molar-refractivity contribution in [1.82, 2.24) is 19.8 Å². The van der Waals surface area contributed by atoms with Crippen LogP contribution in [-0.2, 0) is 7.05 Å². The molecule has 0 aliphatic rings. The molecule has 0 saturated carbocycles. The van der Waals surface area contributed by atoms with E-state index in [1.54, 1.807) is 11.1 Å². The number of carbonyl (C=O) groups is 1. The van der Waals surface area contributed by atoms with Gasteiger partial charge in [0.25, 0.3) is 0 Å². The Balaban J connectivity index is 2.33. The minimum atomic E-state index is -0.283. The van der Waals surface area contributed by atoms with Crippen LogP contribution >= 0.6 is 0 Å². The summed E-state index contributed by atoms with van der Waals surface area (Å²) in [4.78, 5) is 20.8.